The summed E-state index contributed by atoms with van der Waals surface area (Å²) in [5.41, 5.74) is 5.87. The van der Waals surface area contributed by atoms with Crippen molar-refractivity contribution >= 4 is 78.6 Å². The summed E-state index contributed by atoms with van der Waals surface area (Å²) in [5, 5.41) is 9.60. The Labute approximate surface area is 202 Å². The number of hydrogen-bond acceptors (Lipinski definition) is 1. The Hall–Kier alpha value is -4.50. The first-order valence-corrected chi connectivity index (χ1v) is 11.8. The molecule has 0 atom stereocenters. The van der Waals surface area contributed by atoms with E-state index in [0.717, 1.165) is 33.1 Å². The molecule has 3 heteroatoms. The first-order chi connectivity index (χ1) is 17.3. The lowest BCUT2D eigenvalue weighted by atomic mass is 9.91. The predicted octanol–water partition coefficient (Wildman–Crippen LogP) is 7.78. The van der Waals surface area contributed by atoms with E-state index in [9.17, 15) is 0 Å². The number of furan rings is 1. The molecule has 160 valence electrons. The zero-order valence-corrected chi connectivity index (χ0v) is 18.8. The van der Waals surface area contributed by atoms with E-state index in [1.165, 1.54) is 43.4 Å². The summed E-state index contributed by atoms with van der Waals surface area (Å²) in [6, 6.07) is 38.5. The van der Waals surface area contributed by atoms with Gasteiger partial charge in [-0.15, -0.1) is 0 Å². The number of fused-ring (bicyclic) bond motifs is 10. The van der Waals surface area contributed by atoms with Crippen molar-refractivity contribution in [3.63, 3.8) is 0 Å². The van der Waals surface area contributed by atoms with E-state index in [1.807, 2.05) is 18.2 Å². The summed E-state index contributed by atoms with van der Waals surface area (Å²) in [4.78, 5) is 0. The van der Waals surface area contributed by atoms with Gasteiger partial charge in [0.2, 0.25) is 0 Å². The quantitative estimate of drug-likeness (QED) is 0.237. The van der Waals surface area contributed by atoms with Gasteiger partial charge in [-0.25, -0.2) is 0 Å². The summed E-state index contributed by atoms with van der Waals surface area (Å²) in [7, 11) is 6.37. The molecular formula is C32H18BNO. The molecule has 35 heavy (non-hydrogen) atoms. The van der Waals surface area contributed by atoms with Crippen LogP contribution < -0.4 is 5.46 Å². The molecule has 0 amide bonds. The summed E-state index contributed by atoms with van der Waals surface area (Å²) in [5.74, 6) is 0. The van der Waals surface area contributed by atoms with Crippen molar-refractivity contribution in [3.8, 4) is 5.69 Å². The highest BCUT2D eigenvalue weighted by molar-refractivity contribution is 6.41. The molecular weight excluding hydrogens is 425 g/mol. The van der Waals surface area contributed by atoms with Gasteiger partial charge in [0.05, 0.1) is 11.0 Å². The lowest BCUT2D eigenvalue weighted by molar-refractivity contribution is 0.669. The maximum absolute atomic E-state index is 6.37. The topological polar surface area (TPSA) is 18.1 Å². The van der Waals surface area contributed by atoms with Gasteiger partial charge in [0.1, 0.15) is 19.0 Å². The lowest BCUT2D eigenvalue weighted by Gasteiger charge is -2.09. The van der Waals surface area contributed by atoms with Gasteiger partial charge >= 0.3 is 0 Å². The molecule has 6 aromatic carbocycles. The van der Waals surface area contributed by atoms with E-state index in [4.69, 9.17) is 12.3 Å². The molecule has 8 rings (SSSR count). The van der Waals surface area contributed by atoms with Crippen LogP contribution in [0.25, 0.3) is 71.0 Å². The van der Waals surface area contributed by atoms with Crippen LogP contribution in [0.1, 0.15) is 0 Å². The highest BCUT2D eigenvalue weighted by atomic mass is 16.3. The third kappa shape index (κ3) is 2.50. The fourth-order valence-corrected chi connectivity index (χ4v) is 5.81. The Bertz CT molecular complexity index is 2040. The second-order valence-electron chi connectivity index (χ2n) is 9.20. The molecule has 8 aromatic rings. The van der Waals surface area contributed by atoms with Gasteiger partial charge in [0.15, 0.2) is 0 Å². The second-order valence-corrected chi connectivity index (χ2v) is 9.20. The van der Waals surface area contributed by atoms with E-state index < -0.39 is 0 Å². The van der Waals surface area contributed by atoms with Crippen LogP contribution in [0.3, 0.4) is 0 Å². The van der Waals surface area contributed by atoms with Crippen molar-refractivity contribution in [1.82, 2.24) is 4.57 Å². The SMILES string of the molecule is [B]c1cccc2oc3ccc(-n4c5ccc6ccccc6c5c5c6ccccc6ccc54)cc3c12. The maximum atomic E-state index is 6.37. The summed E-state index contributed by atoms with van der Waals surface area (Å²) >= 11 is 0. The van der Waals surface area contributed by atoms with Gasteiger partial charge in [-0.1, -0.05) is 78.3 Å². The van der Waals surface area contributed by atoms with E-state index in [-0.39, 0.29) is 0 Å². The van der Waals surface area contributed by atoms with E-state index in [0.29, 0.717) is 0 Å². The van der Waals surface area contributed by atoms with Crippen LogP contribution in [0.5, 0.6) is 0 Å². The van der Waals surface area contributed by atoms with Gasteiger partial charge in [-0.3, -0.25) is 0 Å². The Morgan fingerprint density at radius 2 is 1.17 bits per heavy atom. The van der Waals surface area contributed by atoms with Gasteiger partial charge in [-0.05, 0) is 57.9 Å². The minimum Gasteiger partial charge on any atom is -0.456 e. The normalized spacial score (nSPS) is 12.1. The van der Waals surface area contributed by atoms with Crippen LogP contribution in [-0.2, 0) is 0 Å². The third-order valence-electron chi connectivity index (χ3n) is 7.31. The van der Waals surface area contributed by atoms with Crippen molar-refractivity contribution < 1.29 is 4.42 Å². The van der Waals surface area contributed by atoms with Crippen LogP contribution >= 0.6 is 0 Å². The second kappa shape index (κ2) is 6.77. The monoisotopic (exact) mass is 443 g/mol. The smallest absolute Gasteiger partial charge is 0.135 e. The molecule has 0 fully saturated rings. The summed E-state index contributed by atoms with van der Waals surface area (Å²) < 4.78 is 8.48. The van der Waals surface area contributed by atoms with Crippen LogP contribution in [0.2, 0.25) is 0 Å². The highest BCUT2D eigenvalue weighted by Gasteiger charge is 2.18. The molecule has 0 unspecified atom stereocenters. The summed E-state index contributed by atoms with van der Waals surface area (Å²) in [6.45, 7) is 0. The molecule has 0 saturated heterocycles. The average molecular weight is 443 g/mol. The first kappa shape index (κ1) is 18.9. The molecule has 0 aliphatic heterocycles. The van der Waals surface area contributed by atoms with Gasteiger partial charge < -0.3 is 8.98 Å². The van der Waals surface area contributed by atoms with Crippen molar-refractivity contribution in [2.75, 3.05) is 0 Å². The van der Waals surface area contributed by atoms with E-state index >= 15 is 0 Å². The van der Waals surface area contributed by atoms with Crippen molar-refractivity contribution in [2.45, 2.75) is 0 Å². The largest absolute Gasteiger partial charge is 0.456 e. The predicted molar refractivity (Wildman–Crippen MR) is 148 cm³/mol. The van der Waals surface area contributed by atoms with Crippen molar-refractivity contribution in [1.29, 1.82) is 0 Å². The minimum atomic E-state index is 0.734. The number of hydrogen-bond donors (Lipinski definition) is 0. The van der Waals surface area contributed by atoms with Crippen LogP contribution in [-0.4, -0.2) is 12.4 Å². The van der Waals surface area contributed by atoms with Gasteiger partial charge in [0, 0.05) is 27.2 Å². The van der Waals surface area contributed by atoms with Crippen molar-refractivity contribution in [2.24, 2.45) is 0 Å². The molecule has 2 heterocycles. The molecule has 2 radical (unpaired) electrons. The van der Waals surface area contributed by atoms with E-state index in [2.05, 4.69) is 95.6 Å². The van der Waals surface area contributed by atoms with Crippen molar-refractivity contribution in [3.05, 3.63) is 109 Å². The third-order valence-corrected chi connectivity index (χ3v) is 7.31. The Balaban J connectivity index is 1.58. The molecule has 0 N–H and O–H groups in total. The molecule has 0 bridgehead atoms. The Morgan fingerprint density at radius 1 is 0.514 bits per heavy atom. The van der Waals surface area contributed by atoms with Gasteiger partial charge in [-0.2, -0.15) is 0 Å². The molecule has 2 aromatic heterocycles. The molecule has 2 nitrogen and oxygen atoms in total. The number of rotatable bonds is 1. The van der Waals surface area contributed by atoms with Crippen LogP contribution in [0, 0.1) is 0 Å². The fraction of sp³-hybridized carbons (Fsp3) is 0. The number of benzene rings is 6. The molecule has 0 spiro atoms. The number of nitrogens with zero attached hydrogens (tertiary/aromatic N) is 1. The lowest BCUT2D eigenvalue weighted by Crippen LogP contribution is -2.01. The summed E-state index contributed by atoms with van der Waals surface area (Å²) in [6.07, 6.45) is 0. The van der Waals surface area contributed by atoms with Gasteiger partial charge in [0.25, 0.3) is 0 Å². The van der Waals surface area contributed by atoms with Crippen LogP contribution in [0.4, 0.5) is 0 Å². The maximum Gasteiger partial charge on any atom is 0.135 e. The Kier molecular flexibility index (Phi) is 3.65. The first-order valence-electron chi connectivity index (χ1n) is 11.8. The highest BCUT2D eigenvalue weighted by Crippen LogP contribution is 2.41. The zero-order valence-electron chi connectivity index (χ0n) is 18.8. The Morgan fingerprint density at radius 3 is 1.86 bits per heavy atom. The molecule has 0 saturated carbocycles. The standard InChI is InChI=1S/C32H18BNO/c33-25-10-5-11-29-30(25)24-18-21(14-17-28(24)35-29)34-26-15-12-19-6-1-3-8-22(19)31(26)32-23-9-4-2-7-20(23)13-16-27(32)34/h1-18H. The zero-order chi connectivity index (χ0) is 23.1. The molecule has 0 aliphatic carbocycles. The minimum absolute atomic E-state index is 0.734. The van der Waals surface area contributed by atoms with E-state index in [1.54, 1.807) is 0 Å². The molecule has 0 aliphatic rings. The average Bonchev–Trinajstić information content (AvgIpc) is 3.45. The van der Waals surface area contributed by atoms with Crippen LogP contribution in [0.15, 0.2) is 114 Å². The fourth-order valence-electron chi connectivity index (χ4n) is 5.81. The number of aromatic nitrogens is 1.